The second-order valence-electron chi connectivity index (χ2n) is 7.17. The molecular weight excluding hydrogens is 412 g/mol. The summed E-state index contributed by atoms with van der Waals surface area (Å²) >= 11 is 0. The Kier molecular flexibility index (Phi) is 5.81. The first kappa shape index (κ1) is 20.7. The van der Waals surface area contributed by atoms with Crippen molar-refractivity contribution < 1.29 is 13.5 Å². The van der Waals surface area contributed by atoms with Crippen LogP contribution in [0.1, 0.15) is 17.0 Å². The molecule has 0 aliphatic carbocycles. The summed E-state index contributed by atoms with van der Waals surface area (Å²) in [6, 6.07) is 18.5. The minimum absolute atomic E-state index is 0.311. The maximum absolute atomic E-state index is 13.2. The van der Waals surface area contributed by atoms with Gasteiger partial charge in [0.25, 0.3) is 0 Å². The first-order valence-electron chi connectivity index (χ1n) is 9.67. The van der Waals surface area contributed by atoms with Crippen LogP contribution in [0, 0.1) is 13.8 Å². The first-order chi connectivity index (χ1) is 14.9. The molecule has 0 saturated heterocycles. The van der Waals surface area contributed by atoms with E-state index in [1.165, 1.54) is 0 Å². The van der Waals surface area contributed by atoms with E-state index in [4.69, 9.17) is 9.26 Å². The van der Waals surface area contributed by atoms with Crippen molar-refractivity contribution >= 4 is 9.73 Å². The third kappa shape index (κ3) is 5.16. The van der Waals surface area contributed by atoms with Gasteiger partial charge in [-0.2, -0.15) is 4.98 Å². The number of aromatic nitrogens is 3. The van der Waals surface area contributed by atoms with Gasteiger partial charge >= 0.3 is 0 Å². The zero-order valence-electron chi connectivity index (χ0n) is 17.5. The summed E-state index contributed by atoms with van der Waals surface area (Å²) in [5.74, 6) is 2.18. The number of hydrogen-bond acceptors (Lipinski definition) is 7. The molecule has 8 heteroatoms. The average molecular weight is 435 g/mol. The highest BCUT2D eigenvalue weighted by atomic mass is 32.2. The molecule has 158 valence electrons. The normalized spacial score (nSPS) is 12.9. The molecule has 0 radical (unpaired) electrons. The second kappa shape index (κ2) is 8.69. The van der Waals surface area contributed by atoms with Gasteiger partial charge < -0.3 is 9.26 Å². The van der Waals surface area contributed by atoms with E-state index < -0.39 is 9.73 Å². The van der Waals surface area contributed by atoms with E-state index in [-0.39, 0.29) is 0 Å². The highest BCUT2D eigenvalue weighted by Crippen LogP contribution is 2.23. The Hall–Kier alpha value is -3.52. The zero-order chi connectivity index (χ0) is 21.8. The van der Waals surface area contributed by atoms with Crippen LogP contribution < -0.4 is 4.74 Å². The molecule has 0 amide bonds. The number of benzene rings is 2. The van der Waals surface area contributed by atoms with Gasteiger partial charge in [0.15, 0.2) is 0 Å². The van der Waals surface area contributed by atoms with E-state index >= 15 is 0 Å². The summed E-state index contributed by atoms with van der Waals surface area (Å²) in [7, 11) is -2.57. The first-order valence-corrected chi connectivity index (χ1v) is 11.6. The van der Waals surface area contributed by atoms with Gasteiger partial charge in [0.05, 0.1) is 16.3 Å². The van der Waals surface area contributed by atoms with Gasteiger partial charge in [0.1, 0.15) is 5.75 Å². The van der Waals surface area contributed by atoms with Crippen LogP contribution in [0.5, 0.6) is 11.6 Å². The molecule has 1 atom stereocenters. The Balaban J connectivity index is 1.50. The average Bonchev–Trinajstić information content (AvgIpc) is 3.19. The second-order valence-corrected chi connectivity index (χ2v) is 9.51. The zero-order valence-corrected chi connectivity index (χ0v) is 18.3. The van der Waals surface area contributed by atoms with Gasteiger partial charge in [0, 0.05) is 35.9 Å². The van der Waals surface area contributed by atoms with E-state index in [1.54, 1.807) is 43.6 Å². The lowest BCUT2D eigenvalue weighted by Crippen LogP contribution is -1.99. The molecule has 0 fully saturated rings. The molecule has 4 rings (SSSR count). The van der Waals surface area contributed by atoms with Gasteiger partial charge in [-0.05, 0) is 54.4 Å². The van der Waals surface area contributed by atoms with Crippen LogP contribution in [0.15, 0.2) is 80.6 Å². The molecule has 0 bridgehead atoms. The van der Waals surface area contributed by atoms with Crippen molar-refractivity contribution in [1.82, 2.24) is 15.1 Å². The molecule has 7 nitrogen and oxygen atoms in total. The molecule has 2 aromatic heterocycles. The van der Waals surface area contributed by atoms with Gasteiger partial charge in [-0.15, -0.1) is 0 Å². The summed E-state index contributed by atoms with van der Waals surface area (Å²) in [4.78, 5) is 9.07. The fourth-order valence-electron chi connectivity index (χ4n) is 2.94. The Bertz CT molecular complexity index is 1320. The Labute approximate surface area is 181 Å². The molecule has 0 N–H and O–H groups in total. The topological polar surface area (TPSA) is 90.5 Å². The number of aryl methyl sites for hydroxylation is 2. The van der Waals surface area contributed by atoms with E-state index in [1.807, 2.05) is 43.3 Å². The summed E-state index contributed by atoms with van der Waals surface area (Å²) in [5, 5.41) is 3.94. The third-order valence-corrected chi connectivity index (χ3v) is 6.35. The number of ether oxygens (including phenoxy) is 1. The van der Waals surface area contributed by atoms with Gasteiger partial charge in [0.2, 0.25) is 17.6 Å². The van der Waals surface area contributed by atoms with Crippen molar-refractivity contribution in [3.63, 3.8) is 0 Å². The SMILES string of the molecule is Cc1ccnc(Oc2ccc(S(C)(=O)=NCc3cccc(-c4noc(C)n4)c3)cc2)c1. The molecule has 2 heterocycles. The largest absolute Gasteiger partial charge is 0.439 e. The number of hydrogen-bond donors (Lipinski definition) is 0. The van der Waals surface area contributed by atoms with Crippen molar-refractivity contribution in [3.8, 4) is 23.0 Å². The predicted molar refractivity (Wildman–Crippen MR) is 118 cm³/mol. The van der Waals surface area contributed by atoms with Crippen LogP contribution in [-0.4, -0.2) is 25.6 Å². The third-order valence-electron chi connectivity index (χ3n) is 4.58. The quantitative estimate of drug-likeness (QED) is 0.414. The lowest BCUT2D eigenvalue weighted by molar-refractivity contribution is 0.394. The molecular formula is C23H22N4O3S. The van der Waals surface area contributed by atoms with Crippen molar-refractivity contribution in [2.24, 2.45) is 4.36 Å². The fourth-order valence-corrected chi connectivity index (χ4v) is 4.13. The monoisotopic (exact) mass is 434 g/mol. The van der Waals surface area contributed by atoms with E-state index in [0.29, 0.717) is 34.8 Å². The summed E-state index contributed by atoms with van der Waals surface area (Å²) in [6.45, 7) is 4.03. The Morgan fingerprint density at radius 2 is 1.87 bits per heavy atom. The molecule has 0 aliphatic rings. The number of pyridine rings is 1. The lowest BCUT2D eigenvalue weighted by Gasteiger charge is -2.08. The van der Waals surface area contributed by atoms with Crippen LogP contribution in [0.2, 0.25) is 0 Å². The molecule has 2 aromatic carbocycles. The van der Waals surface area contributed by atoms with E-state index in [0.717, 1.165) is 16.7 Å². The standard InChI is InChI=1S/C23H22N4O3S/c1-16-11-12-24-22(13-16)29-20-7-9-21(10-8-20)31(3,28)25-15-18-5-4-6-19(14-18)23-26-17(2)30-27-23/h4-14H,15H2,1-3H3. The highest BCUT2D eigenvalue weighted by molar-refractivity contribution is 7.93. The van der Waals surface area contributed by atoms with Crippen molar-refractivity contribution in [3.05, 3.63) is 83.9 Å². The minimum Gasteiger partial charge on any atom is -0.439 e. The number of rotatable bonds is 6. The smallest absolute Gasteiger partial charge is 0.223 e. The molecule has 4 aromatic rings. The van der Waals surface area contributed by atoms with Crippen molar-refractivity contribution in [2.75, 3.05) is 6.26 Å². The highest BCUT2D eigenvalue weighted by Gasteiger charge is 2.09. The Morgan fingerprint density at radius 3 is 2.58 bits per heavy atom. The molecule has 0 saturated carbocycles. The summed E-state index contributed by atoms with van der Waals surface area (Å²) in [6.07, 6.45) is 3.34. The van der Waals surface area contributed by atoms with Gasteiger partial charge in [-0.1, -0.05) is 23.4 Å². The van der Waals surface area contributed by atoms with Gasteiger partial charge in [-0.3, -0.25) is 0 Å². The molecule has 31 heavy (non-hydrogen) atoms. The number of nitrogens with zero attached hydrogens (tertiary/aromatic N) is 4. The van der Waals surface area contributed by atoms with Crippen LogP contribution in [0.4, 0.5) is 0 Å². The van der Waals surface area contributed by atoms with E-state index in [9.17, 15) is 4.21 Å². The molecule has 1 unspecified atom stereocenters. The Morgan fingerprint density at radius 1 is 1.06 bits per heavy atom. The maximum atomic E-state index is 13.2. The maximum Gasteiger partial charge on any atom is 0.223 e. The van der Waals surface area contributed by atoms with Crippen molar-refractivity contribution in [1.29, 1.82) is 0 Å². The van der Waals surface area contributed by atoms with E-state index in [2.05, 4.69) is 19.5 Å². The van der Waals surface area contributed by atoms with Crippen LogP contribution in [0.25, 0.3) is 11.4 Å². The lowest BCUT2D eigenvalue weighted by atomic mass is 10.1. The van der Waals surface area contributed by atoms with Gasteiger partial charge in [-0.25, -0.2) is 13.6 Å². The summed E-state index contributed by atoms with van der Waals surface area (Å²) in [5.41, 5.74) is 2.81. The van der Waals surface area contributed by atoms with Crippen molar-refractivity contribution in [2.45, 2.75) is 25.3 Å². The molecule has 0 aliphatic heterocycles. The molecule has 0 spiro atoms. The minimum atomic E-state index is -2.57. The van der Waals surface area contributed by atoms with Crippen LogP contribution in [0.3, 0.4) is 0 Å². The van der Waals surface area contributed by atoms with Crippen LogP contribution in [-0.2, 0) is 16.3 Å². The van der Waals surface area contributed by atoms with Crippen LogP contribution >= 0.6 is 0 Å². The summed E-state index contributed by atoms with van der Waals surface area (Å²) < 4.78 is 28.4. The fraction of sp³-hybridized carbons (Fsp3) is 0.174. The predicted octanol–water partition coefficient (Wildman–Crippen LogP) is 5.20.